The van der Waals surface area contributed by atoms with Crippen molar-refractivity contribution in [3.8, 4) is 0 Å². The lowest BCUT2D eigenvalue weighted by Crippen LogP contribution is -2.47. The molecule has 0 aliphatic rings. The van der Waals surface area contributed by atoms with Crippen molar-refractivity contribution in [3.05, 3.63) is 28.8 Å². The molecule has 0 saturated heterocycles. The quantitative estimate of drug-likeness (QED) is 0.740. The Balaban J connectivity index is 2.94. The molecular weight excluding hydrogens is 272 g/mol. The van der Waals surface area contributed by atoms with Crippen LogP contribution in [0.4, 0.5) is 0 Å². The SMILES string of the molecule is CC(C)C(NC(=O)c1cc(S)ccc1Cl)C(N)=O. The number of rotatable bonds is 4. The zero-order valence-electron chi connectivity index (χ0n) is 10.1. The second-order valence-electron chi connectivity index (χ2n) is 4.26. The van der Waals surface area contributed by atoms with Gasteiger partial charge < -0.3 is 11.1 Å². The van der Waals surface area contributed by atoms with Crippen LogP contribution in [0.1, 0.15) is 24.2 Å². The van der Waals surface area contributed by atoms with Crippen molar-refractivity contribution < 1.29 is 9.59 Å². The van der Waals surface area contributed by atoms with Crippen LogP contribution in [0.15, 0.2) is 23.1 Å². The summed E-state index contributed by atoms with van der Waals surface area (Å²) >= 11 is 10.1. The van der Waals surface area contributed by atoms with Gasteiger partial charge in [-0.15, -0.1) is 12.6 Å². The largest absolute Gasteiger partial charge is 0.368 e. The molecule has 6 heteroatoms. The number of hydrogen-bond donors (Lipinski definition) is 3. The molecule has 0 aliphatic heterocycles. The van der Waals surface area contributed by atoms with Crippen molar-refractivity contribution in [3.63, 3.8) is 0 Å². The number of primary amides is 1. The summed E-state index contributed by atoms with van der Waals surface area (Å²) in [6.07, 6.45) is 0. The van der Waals surface area contributed by atoms with Crippen LogP contribution in [0.3, 0.4) is 0 Å². The van der Waals surface area contributed by atoms with Crippen molar-refractivity contribution in [1.82, 2.24) is 5.32 Å². The number of hydrogen-bond acceptors (Lipinski definition) is 3. The fourth-order valence-corrected chi connectivity index (χ4v) is 1.88. The molecule has 0 spiro atoms. The summed E-state index contributed by atoms with van der Waals surface area (Å²) in [5.74, 6) is -1.10. The Labute approximate surface area is 116 Å². The topological polar surface area (TPSA) is 72.2 Å². The predicted octanol–water partition coefficient (Wildman–Crippen LogP) is 1.87. The summed E-state index contributed by atoms with van der Waals surface area (Å²) in [6, 6.07) is 4.07. The minimum atomic E-state index is -0.725. The maximum absolute atomic E-state index is 12.0. The smallest absolute Gasteiger partial charge is 0.253 e. The van der Waals surface area contributed by atoms with Crippen molar-refractivity contribution in [2.45, 2.75) is 24.8 Å². The normalized spacial score (nSPS) is 12.3. The third-order valence-corrected chi connectivity index (χ3v) is 3.06. The molecule has 0 aliphatic carbocycles. The van der Waals surface area contributed by atoms with Crippen molar-refractivity contribution in [2.75, 3.05) is 0 Å². The molecular formula is C12H15ClN2O2S. The Hall–Kier alpha value is -1.20. The average molecular weight is 287 g/mol. The van der Waals surface area contributed by atoms with Gasteiger partial charge in [-0.05, 0) is 24.1 Å². The van der Waals surface area contributed by atoms with E-state index in [4.69, 9.17) is 17.3 Å². The molecule has 98 valence electrons. The van der Waals surface area contributed by atoms with Gasteiger partial charge in [-0.2, -0.15) is 0 Å². The molecule has 0 radical (unpaired) electrons. The lowest BCUT2D eigenvalue weighted by molar-refractivity contribution is -0.120. The second-order valence-corrected chi connectivity index (χ2v) is 5.19. The zero-order chi connectivity index (χ0) is 13.9. The highest BCUT2D eigenvalue weighted by atomic mass is 35.5. The molecule has 1 unspecified atom stereocenters. The highest BCUT2D eigenvalue weighted by molar-refractivity contribution is 7.80. The monoisotopic (exact) mass is 286 g/mol. The van der Waals surface area contributed by atoms with E-state index in [-0.39, 0.29) is 11.5 Å². The van der Waals surface area contributed by atoms with Gasteiger partial charge in [0.2, 0.25) is 5.91 Å². The van der Waals surface area contributed by atoms with Crippen LogP contribution in [0, 0.1) is 5.92 Å². The van der Waals surface area contributed by atoms with Crippen molar-refractivity contribution in [2.24, 2.45) is 11.7 Å². The van der Waals surface area contributed by atoms with E-state index in [1.54, 1.807) is 32.0 Å². The summed E-state index contributed by atoms with van der Waals surface area (Å²) in [5, 5.41) is 2.87. The minimum Gasteiger partial charge on any atom is -0.368 e. The van der Waals surface area contributed by atoms with E-state index in [1.807, 2.05) is 0 Å². The van der Waals surface area contributed by atoms with Gasteiger partial charge in [0.15, 0.2) is 0 Å². The minimum absolute atomic E-state index is 0.0931. The molecule has 4 nitrogen and oxygen atoms in total. The average Bonchev–Trinajstić information content (AvgIpc) is 2.28. The van der Waals surface area contributed by atoms with E-state index in [0.29, 0.717) is 9.92 Å². The second kappa shape index (κ2) is 6.11. The number of carbonyl (C=O) groups is 2. The van der Waals surface area contributed by atoms with Crippen LogP contribution in [-0.2, 0) is 4.79 Å². The highest BCUT2D eigenvalue weighted by Gasteiger charge is 2.23. The first-order valence-corrected chi connectivity index (χ1v) is 6.24. The Morgan fingerprint density at radius 1 is 1.39 bits per heavy atom. The number of carbonyl (C=O) groups excluding carboxylic acids is 2. The molecule has 1 aromatic carbocycles. The molecule has 0 aromatic heterocycles. The Kier molecular flexibility index (Phi) is 5.04. The molecule has 2 amide bonds. The molecule has 18 heavy (non-hydrogen) atoms. The van der Waals surface area contributed by atoms with E-state index in [9.17, 15) is 9.59 Å². The Morgan fingerprint density at radius 2 is 2.00 bits per heavy atom. The first-order chi connectivity index (χ1) is 8.32. The number of nitrogens with one attached hydrogen (secondary N) is 1. The third-order valence-electron chi connectivity index (χ3n) is 2.45. The number of nitrogens with two attached hydrogens (primary N) is 1. The van der Waals surface area contributed by atoms with Gasteiger partial charge in [0.1, 0.15) is 6.04 Å². The van der Waals surface area contributed by atoms with Crippen molar-refractivity contribution in [1.29, 1.82) is 0 Å². The van der Waals surface area contributed by atoms with Gasteiger partial charge in [0.25, 0.3) is 5.91 Å². The van der Waals surface area contributed by atoms with Gasteiger partial charge in [-0.25, -0.2) is 0 Å². The molecule has 1 aromatic rings. The molecule has 0 heterocycles. The Morgan fingerprint density at radius 3 is 2.50 bits per heavy atom. The molecule has 0 bridgehead atoms. The third kappa shape index (κ3) is 3.65. The lowest BCUT2D eigenvalue weighted by Gasteiger charge is -2.19. The highest BCUT2D eigenvalue weighted by Crippen LogP contribution is 2.19. The van der Waals surface area contributed by atoms with E-state index in [1.165, 1.54) is 0 Å². The first-order valence-electron chi connectivity index (χ1n) is 5.41. The molecule has 3 N–H and O–H groups in total. The van der Waals surface area contributed by atoms with Gasteiger partial charge in [0, 0.05) is 4.90 Å². The molecule has 1 rings (SSSR count). The fourth-order valence-electron chi connectivity index (χ4n) is 1.47. The van der Waals surface area contributed by atoms with Crippen LogP contribution in [-0.4, -0.2) is 17.9 Å². The standard InChI is InChI=1S/C12H15ClN2O2S/c1-6(2)10(11(14)16)15-12(17)8-5-7(18)3-4-9(8)13/h3-6,10,18H,1-2H3,(H2,14,16)(H,15,17). The van der Waals surface area contributed by atoms with E-state index in [2.05, 4.69) is 17.9 Å². The number of thiol groups is 1. The van der Waals surface area contributed by atoms with Crippen LogP contribution in [0.5, 0.6) is 0 Å². The molecule has 1 atom stereocenters. The summed E-state index contributed by atoms with van der Waals surface area (Å²) < 4.78 is 0. The maximum atomic E-state index is 12.0. The van der Waals surface area contributed by atoms with Gasteiger partial charge in [0.05, 0.1) is 10.6 Å². The van der Waals surface area contributed by atoms with Crippen LogP contribution in [0.25, 0.3) is 0 Å². The Bertz CT molecular complexity index is 477. The van der Waals surface area contributed by atoms with Crippen LogP contribution < -0.4 is 11.1 Å². The summed E-state index contributed by atoms with van der Waals surface area (Å²) in [4.78, 5) is 23.8. The summed E-state index contributed by atoms with van der Waals surface area (Å²) in [7, 11) is 0. The van der Waals surface area contributed by atoms with E-state index in [0.717, 1.165) is 0 Å². The van der Waals surface area contributed by atoms with E-state index >= 15 is 0 Å². The zero-order valence-corrected chi connectivity index (χ0v) is 11.8. The van der Waals surface area contributed by atoms with Crippen LogP contribution in [0.2, 0.25) is 5.02 Å². The number of benzene rings is 1. The fraction of sp³-hybridized carbons (Fsp3) is 0.333. The molecule has 0 fully saturated rings. The molecule has 0 saturated carbocycles. The van der Waals surface area contributed by atoms with Gasteiger partial charge in [-0.3, -0.25) is 9.59 Å². The summed E-state index contributed by atoms with van der Waals surface area (Å²) in [5.41, 5.74) is 5.50. The predicted molar refractivity (Wildman–Crippen MR) is 74.0 cm³/mol. The van der Waals surface area contributed by atoms with Crippen LogP contribution >= 0.6 is 24.2 Å². The summed E-state index contributed by atoms with van der Waals surface area (Å²) in [6.45, 7) is 3.60. The lowest BCUT2D eigenvalue weighted by atomic mass is 10.0. The van der Waals surface area contributed by atoms with Gasteiger partial charge in [-0.1, -0.05) is 25.4 Å². The number of halogens is 1. The number of amides is 2. The van der Waals surface area contributed by atoms with Crippen molar-refractivity contribution >= 4 is 36.0 Å². The first kappa shape index (κ1) is 14.9. The van der Waals surface area contributed by atoms with E-state index < -0.39 is 17.9 Å². The maximum Gasteiger partial charge on any atom is 0.253 e. The van der Waals surface area contributed by atoms with Gasteiger partial charge >= 0.3 is 0 Å².